The molecule has 0 heterocycles. The molecule has 0 saturated carbocycles. The lowest BCUT2D eigenvalue weighted by molar-refractivity contribution is -0.173. The van der Waals surface area contributed by atoms with Crippen LogP contribution in [-0.4, -0.2) is 39.0 Å². The number of hydrogen-bond donors (Lipinski definition) is 1. The number of halogens is 5. The molecule has 9 heteroatoms. The molecule has 1 aromatic carbocycles. The summed E-state index contributed by atoms with van der Waals surface area (Å²) in [4.78, 5) is 11.8. The van der Waals surface area contributed by atoms with Gasteiger partial charge in [-0.05, 0) is 12.1 Å². The van der Waals surface area contributed by atoms with E-state index in [0.29, 0.717) is 0 Å². The zero-order valence-corrected chi connectivity index (χ0v) is 12.4. The number of carbonyl (C=O) groups is 1. The smallest absolute Gasteiger partial charge is 0.411 e. The van der Waals surface area contributed by atoms with E-state index in [9.17, 15) is 18.0 Å². The summed E-state index contributed by atoms with van der Waals surface area (Å²) < 4.78 is 44.7. The summed E-state index contributed by atoms with van der Waals surface area (Å²) in [6.45, 7) is -1.69. The molecule has 0 spiro atoms. The zero-order valence-electron chi connectivity index (χ0n) is 10.9. The van der Waals surface area contributed by atoms with Crippen molar-refractivity contribution in [3.05, 3.63) is 27.7 Å². The van der Waals surface area contributed by atoms with Crippen LogP contribution in [0, 0.1) is 0 Å². The summed E-state index contributed by atoms with van der Waals surface area (Å²) >= 11 is 11.7. The van der Waals surface area contributed by atoms with Gasteiger partial charge >= 0.3 is 6.18 Å². The van der Waals surface area contributed by atoms with Gasteiger partial charge in [-0.3, -0.25) is 4.79 Å². The van der Waals surface area contributed by atoms with E-state index in [0.717, 1.165) is 0 Å². The van der Waals surface area contributed by atoms with Gasteiger partial charge in [0.1, 0.15) is 6.61 Å². The van der Waals surface area contributed by atoms with E-state index >= 15 is 0 Å². The lowest BCUT2D eigenvalue weighted by Gasteiger charge is -2.10. The zero-order chi connectivity index (χ0) is 16.0. The second-order valence-corrected chi connectivity index (χ2v) is 4.71. The fraction of sp³-hybridized carbons (Fsp3) is 0.417. The van der Waals surface area contributed by atoms with Gasteiger partial charge in [-0.2, -0.15) is 13.2 Å². The molecule has 0 radical (unpaired) electrons. The minimum atomic E-state index is -4.39. The predicted molar refractivity (Wildman–Crippen MR) is 72.2 cm³/mol. The van der Waals surface area contributed by atoms with Gasteiger partial charge in [-0.25, -0.2) is 0 Å². The fourth-order valence-corrected chi connectivity index (χ4v) is 2.05. The molecular formula is C12H12Cl2F3NO3. The summed E-state index contributed by atoms with van der Waals surface area (Å²) in [6.07, 6.45) is -4.39. The minimum absolute atomic E-state index is 0.0732. The highest BCUT2D eigenvalue weighted by atomic mass is 35.5. The molecule has 0 aliphatic heterocycles. The molecule has 1 N–H and O–H groups in total. The third kappa shape index (κ3) is 5.99. The standard InChI is InChI=1S/C12H12Cl2F3NO3/c1-20-10-8(13)4-7(5-9(10)14)11(19)18-2-3-21-6-12(15,16)17/h4-5H,2-3,6H2,1H3,(H,18,19). The Balaban J connectivity index is 2.50. The van der Waals surface area contributed by atoms with Gasteiger partial charge in [-0.1, -0.05) is 23.2 Å². The quantitative estimate of drug-likeness (QED) is 0.804. The van der Waals surface area contributed by atoms with E-state index in [4.69, 9.17) is 27.9 Å². The molecule has 1 aromatic rings. The van der Waals surface area contributed by atoms with Crippen molar-refractivity contribution in [1.82, 2.24) is 5.32 Å². The molecule has 0 atom stereocenters. The first-order valence-corrected chi connectivity index (χ1v) is 6.46. The second kappa shape index (κ2) is 7.72. The minimum Gasteiger partial charge on any atom is -0.494 e. The van der Waals surface area contributed by atoms with Crippen molar-refractivity contribution in [2.24, 2.45) is 0 Å². The highest BCUT2D eigenvalue weighted by Gasteiger charge is 2.27. The monoisotopic (exact) mass is 345 g/mol. The molecule has 1 amide bonds. The lowest BCUT2D eigenvalue weighted by atomic mass is 10.2. The molecule has 118 valence electrons. The van der Waals surface area contributed by atoms with Crippen molar-refractivity contribution < 1.29 is 27.4 Å². The van der Waals surface area contributed by atoms with Gasteiger partial charge in [0.2, 0.25) is 0 Å². The summed E-state index contributed by atoms with van der Waals surface area (Å²) in [7, 11) is 1.38. The van der Waals surface area contributed by atoms with Gasteiger partial charge in [0.15, 0.2) is 5.75 Å². The van der Waals surface area contributed by atoms with Crippen molar-refractivity contribution in [1.29, 1.82) is 0 Å². The van der Waals surface area contributed by atoms with Crippen LogP contribution in [0.2, 0.25) is 10.0 Å². The molecule has 4 nitrogen and oxygen atoms in total. The molecule has 0 unspecified atom stereocenters. The number of alkyl halides is 3. The average molecular weight is 346 g/mol. The van der Waals surface area contributed by atoms with Gasteiger partial charge in [-0.15, -0.1) is 0 Å². The Morgan fingerprint density at radius 3 is 2.33 bits per heavy atom. The van der Waals surface area contributed by atoms with Crippen LogP contribution in [0.3, 0.4) is 0 Å². The highest BCUT2D eigenvalue weighted by molar-refractivity contribution is 6.37. The number of rotatable bonds is 6. The molecule has 1 rings (SSSR count). The summed E-state index contributed by atoms with van der Waals surface area (Å²) in [6, 6.07) is 2.69. The van der Waals surface area contributed by atoms with Gasteiger partial charge in [0.05, 0.1) is 23.8 Å². The first-order chi connectivity index (χ1) is 9.74. The molecule has 21 heavy (non-hydrogen) atoms. The summed E-state index contributed by atoms with van der Waals surface area (Å²) in [5.41, 5.74) is 0.168. The van der Waals surface area contributed by atoms with E-state index < -0.39 is 18.7 Å². The first kappa shape index (κ1) is 17.9. The molecule has 0 aromatic heterocycles. The Kier molecular flexibility index (Phi) is 6.57. The maximum atomic E-state index is 11.8. The Morgan fingerprint density at radius 1 is 1.29 bits per heavy atom. The van der Waals surface area contributed by atoms with Crippen molar-refractivity contribution in [3.8, 4) is 5.75 Å². The number of hydrogen-bond acceptors (Lipinski definition) is 3. The van der Waals surface area contributed by atoms with Crippen LogP contribution in [0.25, 0.3) is 0 Å². The maximum absolute atomic E-state index is 11.8. The number of amides is 1. The summed E-state index contributed by atoms with van der Waals surface area (Å²) in [5, 5.41) is 2.70. The Labute approximate surface area is 129 Å². The van der Waals surface area contributed by atoms with E-state index in [1.807, 2.05) is 0 Å². The average Bonchev–Trinajstić information content (AvgIpc) is 2.36. The van der Waals surface area contributed by atoms with E-state index in [1.165, 1.54) is 19.2 Å². The number of ether oxygens (including phenoxy) is 2. The SMILES string of the molecule is COc1c(Cl)cc(C(=O)NCCOCC(F)(F)F)cc1Cl. The Morgan fingerprint density at radius 2 is 1.86 bits per heavy atom. The topological polar surface area (TPSA) is 47.6 Å². The largest absolute Gasteiger partial charge is 0.494 e. The third-order valence-electron chi connectivity index (χ3n) is 2.26. The Bertz CT molecular complexity index is 486. The van der Waals surface area contributed by atoms with E-state index in [2.05, 4.69) is 10.1 Å². The molecular weight excluding hydrogens is 334 g/mol. The van der Waals surface area contributed by atoms with Crippen molar-refractivity contribution in [2.75, 3.05) is 26.9 Å². The lowest BCUT2D eigenvalue weighted by Crippen LogP contribution is -2.28. The van der Waals surface area contributed by atoms with Crippen molar-refractivity contribution >= 4 is 29.1 Å². The van der Waals surface area contributed by atoms with Gasteiger partial charge in [0, 0.05) is 12.1 Å². The van der Waals surface area contributed by atoms with Crippen LogP contribution < -0.4 is 10.1 Å². The number of nitrogens with one attached hydrogen (secondary N) is 1. The predicted octanol–water partition coefficient (Wildman–Crippen LogP) is 3.31. The molecule has 0 bridgehead atoms. The fourth-order valence-electron chi connectivity index (χ4n) is 1.41. The van der Waals surface area contributed by atoms with Crippen LogP contribution in [0.15, 0.2) is 12.1 Å². The van der Waals surface area contributed by atoms with Gasteiger partial charge in [0.25, 0.3) is 5.91 Å². The van der Waals surface area contributed by atoms with Crippen molar-refractivity contribution in [2.45, 2.75) is 6.18 Å². The highest BCUT2D eigenvalue weighted by Crippen LogP contribution is 2.33. The molecule has 0 saturated heterocycles. The second-order valence-electron chi connectivity index (χ2n) is 3.90. The van der Waals surface area contributed by atoms with Crippen molar-refractivity contribution in [3.63, 3.8) is 0 Å². The molecule has 0 aliphatic carbocycles. The Hall–Kier alpha value is -1.18. The van der Waals surface area contributed by atoms with Crippen LogP contribution >= 0.6 is 23.2 Å². The van der Waals surface area contributed by atoms with Crippen LogP contribution in [0.4, 0.5) is 13.2 Å². The molecule has 0 aliphatic rings. The first-order valence-electron chi connectivity index (χ1n) is 5.70. The number of methoxy groups -OCH3 is 1. The number of carbonyl (C=O) groups excluding carboxylic acids is 1. The normalized spacial score (nSPS) is 11.3. The number of benzene rings is 1. The molecule has 0 fully saturated rings. The van der Waals surface area contributed by atoms with Crippen LogP contribution in [-0.2, 0) is 4.74 Å². The maximum Gasteiger partial charge on any atom is 0.411 e. The third-order valence-corrected chi connectivity index (χ3v) is 2.82. The van der Waals surface area contributed by atoms with E-state index in [-0.39, 0.29) is 34.5 Å². The van der Waals surface area contributed by atoms with E-state index in [1.54, 1.807) is 0 Å². The van der Waals surface area contributed by atoms with Crippen LogP contribution in [0.1, 0.15) is 10.4 Å². The van der Waals surface area contributed by atoms with Crippen LogP contribution in [0.5, 0.6) is 5.75 Å². The van der Waals surface area contributed by atoms with Gasteiger partial charge < -0.3 is 14.8 Å². The summed E-state index contributed by atoms with van der Waals surface area (Å²) in [5.74, 6) is -0.291.